The summed E-state index contributed by atoms with van der Waals surface area (Å²) in [5.74, 6) is 1.04. The Kier molecular flexibility index (Phi) is 7.36. The van der Waals surface area contributed by atoms with Crippen molar-refractivity contribution in [3.8, 4) is 6.01 Å². The molecule has 2 saturated heterocycles. The van der Waals surface area contributed by atoms with E-state index in [1.165, 1.54) is 13.3 Å². The first-order chi connectivity index (χ1) is 16.0. The van der Waals surface area contributed by atoms with E-state index in [1.54, 1.807) is 0 Å². The van der Waals surface area contributed by atoms with Crippen molar-refractivity contribution in [3.63, 3.8) is 0 Å². The summed E-state index contributed by atoms with van der Waals surface area (Å²) < 4.78 is 25.5. The lowest BCUT2D eigenvalue weighted by Crippen LogP contribution is -2.53. The summed E-state index contributed by atoms with van der Waals surface area (Å²) in [6.07, 6.45) is 1.11. The fraction of sp³-hybridized carbons (Fsp3) is 0.522. The molecular formula is C23H31FN6O3. The maximum absolute atomic E-state index is 14.7. The van der Waals surface area contributed by atoms with Crippen LogP contribution in [0.4, 0.5) is 21.7 Å². The molecule has 0 spiro atoms. The van der Waals surface area contributed by atoms with Gasteiger partial charge in [0.05, 0.1) is 26.4 Å². The van der Waals surface area contributed by atoms with E-state index in [9.17, 15) is 4.39 Å². The second-order valence-corrected chi connectivity index (χ2v) is 8.40. The number of benzene rings is 1. The average molecular weight is 459 g/mol. The molecular weight excluding hydrogens is 427 g/mol. The minimum atomic E-state index is -0.950. The lowest BCUT2D eigenvalue weighted by atomic mass is 9.85. The molecule has 2 fully saturated rings. The van der Waals surface area contributed by atoms with Crippen molar-refractivity contribution in [1.29, 1.82) is 5.41 Å². The highest BCUT2D eigenvalue weighted by Crippen LogP contribution is 2.35. The lowest BCUT2D eigenvalue weighted by Gasteiger charge is -2.39. The number of aliphatic hydroxyl groups is 1. The summed E-state index contributed by atoms with van der Waals surface area (Å²) in [5, 5.41) is 23.2. The predicted molar refractivity (Wildman–Crippen MR) is 125 cm³/mol. The number of halogens is 1. The van der Waals surface area contributed by atoms with Gasteiger partial charge in [0.25, 0.3) is 0 Å². The van der Waals surface area contributed by atoms with Gasteiger partial charge in [0.2, 0.25) is 0 Å². The number of anilines is 3. The Morgan fingerprint density at radius 3 is 2.85 bits per heavy atom. The van der Waals surface area contributed by atoms with Crippen LogP contribution in [-0.2, 0) is 4.74 Å². The van der Waals surface area contributed by atoms with Gasteiger partial charge in [-0.3, -0.25) is 0 Å². The number of rotatable bonds is 9. The van der Waals surface area contributed by atoms with Gasteiger partial charge in [0, 0.05) is 49.1 Å². The summed E-state index contributed by atoms with van der Waals surface area (Å²) in [6, 6.07) is 5.90. The van der Waals surface area contributed by atoms with Gasteiger partial charge in [0.1, 0.15) is 17.8 Å². The molecule has 33 heavy (non-hydrogen) atoms. The molecule has 3 heterocycles. The highest BCUT2D eigenvalue weighted by atomic mass is 19.1. The number of aromatic nitrogens is 2. The maximum atomic E-state index is 14.7. The Morgan fingerprint density at radius 2 is 2.15 bits per heavy atom. The molecule has 0 saturated carbocycles. The van der Waals surface area contributed by atoms with Crippen LogP contribution in [0.3, 0.4) is 0 Å². The Labute approximate surface area is 192 Å². The standard InChI is InChI=1S/C23H31FN6O3/c1-14-7-15(10-25)20(8-18(14)17-3-4-26-11-19(17)24)27-21-9-22(29-23(28-21)32-2)30-12-16(13-30)33-6-5-31/h7-10,16-17,19,25-26,31H,3-6,11-13H2,1-2H3,(H,27,28,29). The van der Waals surface area contributed by atoms with E-state index in [0.29, 0.717) is 49.1 Å². The Balaban J connectivity index is 1.59. The van der Waals surface area contributed by atoms with Crippen LogP contribution in [0.2, 0.25) is 0 Å². The number of nitrogens with one attached hydrogen (secondary N) is 3. The Morgan fingerprint density at radius 1 is 1.33 bits per heavy atom. The molecule has 10 heteroatoms. The number of nitrogens with zero attached hydrogens (tertiary/aromatic N) is 3. The van der Waals surface area contributed by atoms with Crippen molar-refractivity contribution in [2.75, 3.05) is 56.7 Å². The summed E-state index contributed by atoms with van der Waals surface area (Å²) >= 11 is 0. The number of alkyl halides is 1. The minimum Gasteiger partial charge on any atom is -0.467 e. The van der Waals surface area contributed by atoms with Gasteiger partial charge in [0.15, 0.2) is 0 Å². The zero-order valence-corrected chi connectivity index (χ0v) is 19.0. The van der Waals surface area contributed by atoms with E-state index >= 15 is 0 Å². The van der Waals surface area contributed by atoms with Crippen molar-refractivity contribution in [2.24, 2.45) is 0 Å². The van der Waals surface area contributed by atoms with E-state index in [2.05, 4.69) is 20.6 Å². The van der Waals surface area contributed by atoms with Crippen molar-refractivity contribution in [2.45, 2.75) is 31.5 Å². The van der Waals surface area contributed by atoms with Gasteiger partial charge < -0.3 is 35.5 Å². The molecule has 178 valence electrons. The van der Waals surface area contributed by atoms with E-state index < -0.39 is 6.17 Å². The first-order valence-corrected chi connectivity index (χ1v) is 11.2. The van der Waals surface area contributed by atoms with Crippen LogP contribution < -0.4 is 20.3 Å². The van der Waals surface area contributed by atoms with Crippen molar-refractivity contribution in [3.05, 3.63) is 34.9 Å². The summed E-state index contributed by atoms with van der Waals surface area (Å²) in [4.78, 5) is 10.9. The third kappa shape index (κ3) is 5.23. The number of methoxy groups -OCH3 is 1. The first kappa shape index (κ1) is 23.3. The Hall–Kier alpha value is -2.82. The van der Waals surface area contributed by atoms with E-state index in [-0.39, 0.29) is 24.6 Å². The zero-order chi connectivity index (χ0) is 23.4. The largest absolute Gasteiger partial charge is 0.467 e. The lowest BCUT2D eigenvalue weighted by molar-refractivity contribution is 0.0132. The van der Waals surface area contributed by atoms with Crippen LogP contribution in [0.25, 0.3) is 0 Å². The first-order valence-electron chi connectivity index (χ1n) is 11.2. The number of ether oxygens (including phenoxy) is 2. The topological polar surface area (TPSA) is 116 Å². The maximum Gasteiger partial charge on any atom is 0.320 e. The number of piperidine rings is 1. The van der Waals surface area contributed by atoms with Gasteiger partial charge >= 0.3 is 6.01 Å². The third-order valence-electron chi connectivity index (χ3n) is 6.16. The molecule has 1 aromatic heterocycles. The number of hydrogen-bond acceptors (Lipinski definition) is 9. The molecule has 0 bridgehead atoms. The zero-order valence-electron chi connectivity index (χ0n) is 19.0. The van der Waals surface area contributed by atoms with Crippen molar-refractivity contribution < 1.29 is 19.0 Å². The van der Waals surface area contributed by atoms with E-state index in [4.69, 9.17) is 20.0 Å². The molecule has 9 nitrogen and oxygen atoms in total. The number of aryl methyl sites for hydroxylation is 1. The normalized spacial score (nSPS) is 20.9. The average Bonchev–Trinajstić information content (AvgIpc) is 2.79. The number of hydrogen-bond donors (Lipinski definition) is 4. The fourth-order valence-corrected chi connectivity index (χ4v) is 4.36. The highest BCUT2D eigenvalue weighted by Gasteiger charge is 2.30. The molecule has 0 aliphatic carbocycles. The minimum absolute atomic E-state index is 0.000307. The Bertz CT molecular complexity index is 985. The van der Waals surface area contributed by atoms with Crippen LogP contribution in [-0.4, -0.2) is 80.1 Å². The molecule has 0 radical (unpaired) electrons. The van der Waals surface area contributed by atoms with Crippen LogP contribution in [0, 0.1) is 12.3 Å². The molecule has 1 aromatic carbocycles. The van der Waals surface area contributed by atoms with Gasteiger partial charge in [-0.25, -0.2) is 4.39 Å². The van der Waals surface area contributed by atoms with Crippen molar-refractivity contribution in [1.82, 2.24) is 15.3 Å². The third-order valence-corrected chi connectivity index (χ3v) is 6.16. The fourth-order valence-electron chi connectivity index (χ4n) is 4.36. The van der Waals surface area contributed by atoms with Gasteiger partial charge in [-0.15, -0.1) is 0 Å². The molecule has 2 atom stereocenters. The van der Waals surface area contributed by atoms with Crippen LogP contribution >= 0.6 is 0 Å². The van der Waals surface area contributed by atoms with Crippen LogP contribution in [0.1, 0.15) is 29.0 Å². The summed E-state index contributed by atoms with van der Waals surface area (Å²) in [5.41, 5.74) is 3.31. The monoisotopic (exact) mass is 458 g/mol. The summed E-state index contributed by atoms with van der Waals surface area (Å²) in [6.45, 7) is 4.74. The van der Waals surface area contributed by atoms with E-state index in [1.807, 2.05) is 30.0 Å². The van der Waals surface area contributed by atoms with Gasteiger partial charge in [-0.05, 0) is 43.1 Å². The molecule has 2 aliphatic heterocycles. The second kappa shape index (κ2) is 10.4. The predicted octanol–water partition coefficient (Wildman–Crippen LogP) is 2.15. The van der Waals surface area contributed by atoms with Crippen molar-refractivity contribution >= 4 is 23.5 Å². The van der Waals surface area contributed by atoms with E-state index in [0.717, 1.165) is 24.1 Å². The molecule has 2 aliphatic rings. The SMILES string of the molecule is COc1nc(Nc2cc(C3CCNCC3F)c(C)cc2C=N)cc(N2CC(OCCO)C2)n1. The van der Waals surface area contributed by atoms with Gasteiger partial charge in [-0.2, -0.15) is 9.97 Å². The number of aliphatic hydroxyl groups excluding tert-OH is 1. The van der Waals surface area contributed by atoms with Crippen LogP contribution in [0.5, 0.6) is 6.01 Å². The molecule has 4 N–H and O–H groups in total. The quantitative estimate of drug-likeness (QED) is 0.423. The molecule has 4 rings (SSSR count). The molecule has 0 amide bonds. The smallest absolute Gasteiger partial charge is 0.320 e. The second-order valence-electron chi connectivity index (χ2n) is 8.40. The molecule has 2 aromatic rings. The summed E-state index contributed by atoms with van der Waals surface area (Å²) in [7, 11) is 1.51. The highest BCUT2D eigenvalue weighted by molar-refractivity contribution is 5.88. The van der Waals surface area contributed by atoms with Crippen LogP contribution in [0.15, 0.2) is 18.2 Å². The molecule has 2 unspecified atom stereocenters. The van der Waals surface area contributed by atoms with Gasteiger partial charge in [-0.1, -0.05) is 0 Å².